The molecule has 11 heavy (non-hydrogen) atoms. The van der Waals surface area contributed by atoms with Crippen LogP contribution < -0.4 is 0 Å². The maximum absolute atomic E-state index is 5.42. The quantitative estimate of drug-likeness (QED) is 0.571. The van der Waals surface area contributed by atoms with Gasteiger partial charge in [0, 0.05) is 12.3 Å². The van der Waals surface area contributed by atoms with Gasteiger partial charge in [0.15, 0.2) is 0 Å². The minimum atomic E-state index is 0.438. The second kappa shape index (κ2) is 3.65. The molecule has 2 nitrogen and oxygen atoms in total. The van der Waals surface area contributed by atoms with E-state index in [0.717, 1.165) is 31.0 Å². The van der Waals surface area contributed by atoms with E-state index in [0.29, 0.717) is 5.92 Å². The first-order chi connectivity index (χ1) is 5.25. The fraction of sp³-hybridized carbons (Fsp3) is 0.778. The summed E-state index contributed by atoms with van der Waals surface area (Å²) in [7, 11) is 1.71. The highest BCUT2D eigenvalue weighted by Gasteiger charge is 2.16. The van der Waals surface area contributed by atoms with Gasteiger partial charge in [-0.15, -0.1) is 0 Å². The van der Waals surface area contributed by atoms with E-state index < -0.39 is 0 Å². The van der Waals surface area contributed by atoms with Gasteiger partial charge in [-0.05, 0) is 6.42 Å². The molecule has 0 spiro atoms. The number of ether oxygens (including phenoxy) is 2. The van der Waals surface area contributed by atoms with E-state index in [2.05, 4.69) is 13.8 Å². The van der Waals surface area contributed by atoms with Gasteiger partial charge in [0.2, 0.25) is 0 Å². The zero-order chi connectivity index (χ0) is 8.27. The molecule has 0 aliphatic carbocycles. The van der Waals surface area contributed by atoms with Gasteiger partial charge in [0.1, 0.15) is 11.5 Å². The zero-order valence-corrected chi connectivity index (χ0v) is 7.52. The van der Waals surface area contributed by atoms with Crippen LogP contribution in [0.25, 0.3) is 0 Å². The SMILES string of the molecule is CO/C(=C1/CCCO1)C(C)C. The largest absolute Gasteiger partial charge is 0.497 e. The molecule has 0 aromatic heterocycles. The first kappa shape index (κ1) is 8.44. The van der Waals surface area contributed by atoms with Crippen LogP contribution in [0.1, 0.15) is 26.7 Å². The molecule has 64 valence electrons. The van der Waals surface area contributed by atoms with Gasteiger partial charge < -0.3 is 9.47 Å². The third kappa shape index (κ3) is 1.88. The minimum Gasteiger partial charge on any atom is -0.497 e. The lowest BCUT2D eigenvalue weighted by atomic mass is 10.1. The van der Waals surface area contributed by atoms with E-state index in [-0.39, 0.29) is 0 Å². The van der Waals surface area contributed by atoms with E-state index in [1.165, 1.54) is 0 Å². The highest BCUT2D eigenvalue weighted by molar-refractivity contribution is 5.06. The van der Waals surface area contributed by atoms with Crippen LogP contribution in [0.15, 0.2) is 11.5 Å². The molecule has 0 amide bonds. The molecule has 1 aliphatic rings. The Bertz CT molecular complexity index is 151. The lowest BCUT2D eigenvalue weighted by Gasteiger charge is -2.12. The summed E-state index contributed by atoms with van der Waals surface area (Å²) in [6, 6.07) is 0. The predicted octanol–water partition coefficient (Wildman–Crippen LogP) is 2.31. The molecular formula is C9H16O2. The van der Waals surface area contributed by atoms with Crippen LogP contribution in [-0.2, 0) is 9.47 Å². The van der Waals surface area contributed by atoms with Crippen molar-refractivity contribution in [3.05, 3.63) is 11.5 Å². The maximum atomic E-state index is 5.42. The van der Waals surface area contributed by atoms with E-state index in [4.69, 9.17) is 9.47 Å². The lowest BCUT2D eigenvalue weighted by Crippen LogP contribution is -2.01. The second-order valence-corrected chi connectivity index (χ2v) is 3.10. The van der Waals surface area contributed by atoms with Gasteiger partial charge in [-0.25, -0.2) is 0 Å². The first-order valence-electron chi connectivity index (χ1n) is 4.15. The van der Waals surface area contributed by atoms with Crippen LogP contribution in [0.4, 0.5) is 0 Å². The number of hydrogen-bond donors (Lipinski definition) is 0. The van der Waals surface area contributed by atoms with Gasteiger partial charge in [-0.3, -0.25) is 0 Å². The Balaban J connectivity index is 2.70. The summed E-state index contributed by atoms with van der Waals surface area (Å²) in [6.07, 6.45) is 2.18. The Kier molecular flexibility index (Phi) is 2.80. The van der Waals surface area contributed by atoms with Crippen LogP contribution in [0.2, 0.25) is 0 Å². The Hall–Kier alpha value is -0.660. The Morgan fingerprint density at radius 3 is 2.64 bits per heavy atom. The molecule has 2 heteroatoms. The summed E-state index contributed by atoms with van der Waals surface area (Å²) in [4.78, 5) is 0. The van der Waals surface area contributed by atoms with E-state index in [9.17, 15) is 0 Å². The molecule has 1 heterocycles. The predicted molar refractivity (Wildman–Crippen MR) is 44.1 cm³/mol. The number of allylic oxidation sites excluding steroid dienone is 2. The first-order valence-corrected chi connectivity index (χ1v) is 4.15. The average molecular weight is 156 g/mol. The summed E-state index contributed by atoms with van der Waals surface area (Å²) in [5.41, 5.74) is 0. The van der Waals surface area contributed by atoms with Crippen molar-refractivity contribution in [2.45, 2.75) is 26.7 Å². The highest BCUT2D eigenvalue weighted by Crippen LogP contribution is 2.24. The molecule has 0 aromatic carbocycles. The molecule has 0 radical (unpaired) electrons. The molecule has 1 fully saturated rings. The zero-order valence-electron chi connectivity index (χ0n) is 7.52. The molecule has 0 N–H and O–H groups in total. The fourth-order valence-corrected chi connectivity index (χ4v) is 1.37. The van der Waals surface area contributed by atoms with Crippen LogP contribution in [-0.4, -0.2) is 13.7 Å². The van der Waals surface area contributed by atoms with Gasteiger partial charge >= 0.3 is 0 Å². The molecule has 0 saturated carbocycles. The fourth-order valence-electron chi connectivity index (χ4n) is 1.37. The molecule has 1 saturated heterocycles. The van der Waals surface area contributed by atoms with Crippen molar-refractivity contribution in [3.8, 4) is 0 Å². The molecule has 0 bridgehead atoms. The van der Waals surface area contributed by atoms with Crippen LogP contribution in [0.5, 0.6) is 0 Å². The van der Waals surface area contributed by atoms with Crippen molar-refractivity contribution in [2.24, 2.45) is 5.92 Å². The Morgan fingerprint density at radius 1 is 1.55 bits per heavy atom. The lowest BCUT2D eigenvalue weighted by molar-refractivity contribution is 0.191. The summed E-state index contributed by atoms with van der Waals surface area (Å²) in [5.74, 6) is 2.51. The third-order valence-corrected chi connectivity index (χ3v) is 1.84. The average Bonchev–Trinajstić information content (AvgIpc) is 2.40. The standard InChI is InChI=1S/C9H16O2/c1-7(2)9(10-3)8-5-4-6-11-8/h7H,4-6H2,1-3H3/b9-8-. The molecule has 1 aliphatic heterocycles. The highest BCUT2D eigenvalue weighted by atomic mass is 16.5. The topological polar surface area (TPSA) is 18.5 Å². The smallest absolute Gasteiger partial charge is 0.136 e. The molecular weight excluding hydrogens is 140 g/mol. The van der Waals surface area contributed by atoms with Crippen LogP contribution in [0.3, 0.4) is 0 Å². The van der Waals surface area contributed by atoms with E-state index in [1.54, 1.807) is 7.11 Å². The van der Waals surface area contributed by atoms with Crippen LogP contribution >= 0.6 is 0 Å². The van der Waals surface area contributed by atoms with Crippen molar-refractivity contribution in [3.63, 3.8) is 0 Å². The van der Waals surface area contributed by atoms with E-state index >= 15 is 0 Å². The van der Waals surface area contributed by atoms with Crippen molar-refractivity contribution < 1.29 is 9.47 Å². The summed E-state index contributed by atoms with van der Waals surface area (Å²) < 4.78 is 10.7. The van der Waals surface area contributed by atoms with Crippen molar-refractivity contribution >= 4 is 0 Å². The Morgan fingerprint density at radius 2 is 2.27 bits per heavy atom. The van der Waals surface area contributed by atoms with Gasteiger partial charge in [0.25, 0.3) is 0 Å². The molecule has 0 aromatic rings. The van der Waals surface area contributed by atoms with Crippen molar-refractivity contribution in [1.82, 2.24) is 0 Å². The molecule has 0 unspecified atom stereocenters. The summed E-state index contributed by atoms with van der Waals surface area (Å²) >= 11 is 0. The third-order valence-electron chi connectivity index (χ3n) is 1.84. The van der Waals surface area contributed by atoms with E-state index in [1.807, 2.05) is 0 Å². The normalized spacial score (nSPS) is 21.8. The Labute approximate surface area is 68.2 Å². The monoisotopic (exact) mass is 156 g/mol. The second-order valence-electron chi connectivity index (χ2n) is 3.10. The summed E-state index contributed by atoms with van der Waals surface area (Å²) in [6.45, 7) is 5.09. The van der Waals surface area contributed by atoms with Crippen LogP contribution in [0, 0.1) is 5.92 Å². The van der Waals surface area contributed by atoms with Gasteiger partial charge in [-0.2, -0.15) is 0 Å². The number of rotatable bonds is 2. The molecule has 1 rings (SSSR count). The number of hydrogen-bond acceptors (Lipinski definition) is 2. The minimum absolute atomic E-state index is 0.438. The van der Waals surface area contributed by atoms with Gasteiger partial charge in [0.05, 0.1) is 13.7 Å². The van der Waals surface area contributed by atoms with Crippen molar-refractivity contribution in [1.29, 1.82) is 0 Å². The van der Waals surface area contributed by atoms with Crippen molar-refractivity contribution in [2.75, 3.05) is 13.7 Å². The summed E-state index contributed by atoms with van der Waals surface area (Å²) in [5, 5.41) is 0. The maximum Gasteiger partial charge on any atom is 0.136 e. The molecule has 0 atom stereocenters. The number of methoxy groups -OCH3 is 1. The van der Waals surface area contributed by atoms with Gasteiger partial charge in [-0.1, -0.05) is 13.8 Å².